The van der Waals surface area contributed by atoms with Gasteiger partial charge in [0.25, 0.3) is 0 Å². The first-order valence-corrected chi connectivity index (χ1v) is 6.57. The molecular weight excluding hydrogens is 279 g/mol. The van der Waals surface area contributed by atoms with Crippen LogP contribution in [0.5, 0.6) is 0 Å². The van der Waals surface area contributed by atoms with Crippen molar-refractivity contribution in [2.45, 2.75) is 26.4 Å². The second-order valence-electron chi connectivity index (χ2n) is 5.30. The van der Waals surface area contributed by atoms with E-state index in [1.54, 1.807) is 12.1 Å². The predicted octanol–water partition coefficient (Wildman–Crippen LogP) is 3.94. The molecule has 6 heteroatoms. The van der Waals surface area contributed by atoms with Crippen LogP contribution in [0.3, 0.4) is 0 Å². The molecule has 0 bridgehead atoms. The van der Waals surface area contributed by atoms with Gasteiger partial charge in [-0.15, -0.1) is 0 Å². The Labute approximate surface area is 121 Å². The molecule has 0 aliphatic rings. The van der Waals surface area contributed by atoms with Crippen LogP contribution >= 0.6 is 0 Å². The Hall–Kier alpha value is -2.11. The second-order valence-corrected chi connectivity index (χ2v) is 5.30. The molecule has 2 aromatic rings. The largest absolute Gasteiger partial charge is 0.451 e. The van der Waals surface area contributed by atoms with Crippen molar-refractivity contribution < 1.29 is 13.2 Å². The van der Waals surface area contributed by atoms with Crippen LogP contribution in [0.25, 0.3) is 11.3 Å². The van der Waals surface area contributed by atoms with Gasteiger partial charge in [-0.1, -0.05) is 32.0 Å². The monoisotopic (exact) mass is 295 g/mol. The van der Waals surface area contributed by atoms with Crippen LogP contribution in [0.15, 0.2) is 30.3 Å². The van der Waals surface area contributed by atoms with Crippen LogP contribution in [-0.4, -0.2) is 9.97 Å². The number of alkyl halides is 3. The molecule has 0 fully saturated rings. The zero-order chi connectivity index (χ0) is 15.6. The SMILES string of the molecule is CC(C)Cc1cccc(-c2cc(N)nc(C(F)(F)F)n2)c1. The van der Waals surface area contributed by atoms with E-state index < -0.39 is 12.0 Å². The fourth-order valence-electron chi connectivity index (χ4n) is 2.07. The average Bonchev–Trinajstić information content (AvgIpc) is 2.36. The van der Waals surface area contributed by atoms with Gasteiger partial charge in [0.05, 0.1) is 5.69 Å². The normalized spacial score (nSPS) is 11.9. The Morgan fingerprint density at radius 1 is 1.14 bits per heavy atom. The van der Waals surface area contributed by atoms with Crippen LogP contribution in [0, 0.1) is 5.92 Å². The van der Waals surface area contributed by atoms with Crippen molar-refractivity contribution in [1.82, 2.24) is 9.97 Å². The Balaban J connectivity index is 2.44. The first-order valence-electron chi connectivity index (χ1n) is 6.57. The minimum Gasteiger partial charge on any atom is -0.384 e. The van der Waals surface area contributed by atoms with Crippen LogP contribution < -0.4 is 5.73 Å². The number of benzene rings is 1. The molecule has 1 heterocycles. The smallest absolute Gasteiger partial charge is 0.384 e. The molecule has 0 spiro atoms. The van der Waals surface area contributed by atoms with Gasteiger partial charge >= 0.3 is 6.18 Å². The van der Waals surface area contributed by atoms with E-state index in [1.165, 1.54) is 6.07 Å². The molecule has 1 aromatic carbocycles. The van der Waals surface area contributed by atoms with Crippen molar-refractivity contribution in [2.75, 3.05) is 5.73 Å². The Bertz CT molecular complexity index is 636. The highest BCUT2D eigenvalue weighted by molar-refractivity contribution is 5.62. The highest BCUT2D eigenvalue weighted by Gasteiger charge is 2.35. The van der Waals surface area contributed by atoms with Crippen molar-refractivity contribution in [3.8, 4) is 11.3 Å². The van der Waals surface area contributed by atoms with Gasteiger partial charge in [0, 0.05) is 11.6 Å². The summed E-state index contributed by atoms with van der Waals surface area (Å²) < 4.78 is 38.2. The number of nitrogens with zero attached hydrogens (tertiary/aromatic N) is 2. The van der Waals surface area contributed by atoms with E-state index in [9.17, 15) is 13.2 Å². The molecule has 0 aliphatic carbocycles. The highest BCUT2D eigenvalue weighted by Crippen LogP contribution is 2.29. The van der Waals surface area contributed by atoms with Gasteiger partial charge in [-0.3, -0.25) is 0 Å². The molecule has 0 saturated carbocycles. The first-order chi connectivity index (χ1) is 9.75. The van der Waals surface area contributed by atoms with Crippen molar-refractivity contribution in [3.05, 3.63) is 41.7 Å². The summed E-state index contributed by atoms with van der Waals surface area (Å²) in [5, 5.41) is 0. The third kappa shape index (κ3) is 3.93. The maximum Gasteiger partial charge on any atom is 0.451 e. The van der Waals surface area contributed by atoms with Crippen LogP contribution in [-0.2, 0) is 12.6 Å². The minimum atomic E-state index is -4.61. The molecule has 0 radical (unpaired) electrons. The number of aromatic nitrogens is 2. The van der Waals surface area contributed by atoms with Crippen molar-refractivity contribution in [2.24, 2.45) is 5.92 Å². The molecule has 112 valence electrons. The zero-order valence-corrected chi connectivity index (χ0v) is 11.8. The van der Waals surface area contributed by atoms with Gasteiger partial charge in [-0.05, 0) is 24.0 Å². The summed E-state index contributed by atoms with van der Waals surface area (Å²) in [6.45, 7) is 4.16. The van der Waals surface area contributed by atoms with Gasteiger partial charge in [0.2, 0.25) is 5.82 Å². The summed E-state index contributed by atoms with van der Waals surface area (Å²) in [5.74, 6) is -0.949. The third-order valence-corrected chi connectivity index (χ3v) is 2.87. The number of nitrogen functional groups attached to an aromatic ring is 1. The molecule has 3 nitrogen and oxygen atoms in total. The fourth-order valence-corrected chi connectivity index (χ4v) is 2.07. The molecule has 0 atom stereocenters. The van der Waals surface area contributed by atoms with Crippen molar-refractivity contribution in [1.29, 1.82) is 0 Å². The standard InChI is InChI=1S/C15H16F3N3/c1-9(2)6-10-4-3-5-11(7-10)12-8-13(19)21-14(20-12)15(16,17)18/h3-5,7-9H,6H2,1-2H3,(H2,19,20,21). The fraction of sp³-hybridized carbons (Fsp3) is 0.333. The van der Waals surface area contributed by atoms with E-state index in [0.717, 1.165) is 12.0 Å². The van der Waals surface area contributed by atoms with E-state index in [0.29, 0.717) is 11.5 Å². The lowest BCUT2D eigenvalue weighted by atomic mass is 10.00. The number of rotatable bonds is 3. The highest BCUT2D eigenvalue weighted by atomic mass is 19.4. The molecule has 0 saturated heterocycles. The maximum absolute atomic E-state index is 12.7. The summed E-state index contributed by atoms with van der Waals surface area (Å²) in [6.07, 6.45) is -3.76. The van der Waals surface area contributed by atoms with E-state index >= 15 is 0 Å². The topological polar surface area (TPSA) is 51.8 Å². The van der Waals surface area contributed by atoms with E-state index in [1.807, 2.05) is 12.1 Å². The molecule has 0 amide bonds. The minimum absolute atomic E-state index is 0.181. The second kappa shape index (κ2) is 5.71. The Morgan fingerprint density at radius 3 is 2.48 bits per heavy atom. The summed E-state index contributed by atoms with van der Waals surface area (Å²) in [6, 6.07) is 8.65. The molecule has 1 aromatic heterocycles. The van der Waals surface area contributed by atoms with E-state index in [4.69, 9.17) is 5.73 Å². The van der Waals surface area contributed by atoms with Gasteiger partial charge in [-0.2, -0.15) is 13.2 Å². The quantitative estimate of drug-likeness (QED) is 0.933. The summed E-state index contributed by atoms with van der Waals surface area (Å²) in [5.41, 5.74) is 7.30. The molecule has 0 unspecified atom stereocenters. The Kier molecular flexibility index (Phi) is 4.16. The first kappa shape index (κ1) is 15.3. The predicted molar refractivity (Wildman–Crippen MR) is 75.4 cm³/mol. The lowest BCUT2D eigenvalue weighted by Crippen LogP contribution is -2.13. The van der Waals surface area contributed by atoms with Gasteiger partial charge < -0.3 is 5.73 Å². The summed E-state index contributed by atoms with van der Waals surface area (Å²) in [4.78, 5) is 6.82. The summed E-state index contributed by atoms with van der Waals surface area (Å²) >= 11 is 0. The van der Waals surface area contributed by atoms with E-state index in [-0.39, 0.29) is 11.5 Å². The molecule has 0 aliphatic heterocycles. The number of hydrogen-bond donors (Lipinski definition) is 1. The number of anilines is 1. The Morgan fingerprint density at radius 2 is 1.86 bits per heavy atom. The van der Waals surface area contributed by atoms with Gasteiger partial charge in [0.15, 0.2) is 0 Å². The maximum atomic E-state index is 12.7. The lowest BCUT2D eigenvalue weighted by Gasteiger charge is -2.10. The third-order valence-electron chi connectivity index (χ3n) is 2.87. The number of halogens is 3. The molecular formula is C15H16F3N3. The van der Waals surface area contributed by atoms with Crippen molar-refractivity contribution >= 4 is 5.82 Å². The van der Waals surface area contributed by atoms with Crippen LogP contribution in [0.2, 0.25) is 0 Å². The number of nitrogens with two attached hydrogens (primary N) is 1. The van der Waals surface area contributed by atoms with Gasteiger partial charge in [0.1, 0.15) is 5.82 Å². The number of hydrogen-bond acceptors (Lipinski definition) is 3. The average molecular weight is 295 g/mol. The lowest BCUT2D eigenvalue weighted by molar-refractivity contribution is -0.144. The summed E-state index contributed by atoms with van der Waals surface area (Å²) in [7, 11) is 0. The van der Waals surface area contributed by atoms with Gasteiger partial charge in [-0.25, -0.2) is 9.97 Å². The molecule has 2 N–H and O–H groups in total. The van der Waals surface area contributed by atoms with Crippen LogP contribution in [0.1, 0.15) is 25.2 Å². The molecule has 2 rings (SSSR count). The molecule has 21 heavy (non-hydrogen) atoms. The zero-order valence-electron chi connectivity index (χ0n) is 11.8. The van der Waals surface area contributed by atoms with Crippen LogP contribution in [0.4, 0.5) is 19.0 Å². The van der Waals surface area contributed by atoms with Crippen molar-refractivity contribution in [3.63, 3.8) is 0 Å². The van der Waals surface area contributed by atoms with E-state index in [2.05, 4.69) is 23.8 Å².